The Labute approximate surface area is 35.3 Å². The highest BCUT2D eigenvalue weighted by molar-refractivity contribution is 5.67. The second-order valence-corrected chi connectivity index (χ2v) is 0.754. The van der Waals surface area contributed by atoms with Gasteiger partial charge in [-0.15, -0.1) is 0 Å². The summed E-state index contributed by atoms with van der Waals surface area (Å²) in [6.07, 6.45) is 0. The number of carboxylic acid groups (broad SMARTS) is 1. The van der Waals surface area contributed by atoms with E-state index in [1.807, 2.05) is 0 Å². The molecule has 0 aromatic rings. The number of nitrogens with zero attached hydrogens (tertiary/aromatic N) is 1. The van der Waals surface area contributed by atoms with Crippen molar-refractivity contribution in [1.82, 2.24) is 0 Å². The van der Waals surface area contributed by atoms with Gasteiger partial charge in [-0.3, -0.25) is 4.99 Å². The average molecular weight is 86.1 g/mol. The minimum atomic E-state index is -1.19. The number of hydrogen-bond acceptors (Lipinski definition) is 3. The largest absolute Gasteiger partial charge is 0.548 e. The van der Waals surface area contributed by atoms with Crippen LogP contribution < -0.4 is 5.11 Å². The Morgan fingerprint density at radius 1 is 2.00 bits per heavy atom. The van der Waals surface area contributed by atoms with Crippen LogP contribution in [0.4, 0.5) is 0 Å². The van der Waals surface area contributed by atoms with Crippen LogP contribution >= 0.6 is 0 Å². The smallest absolute Gasteiger partial charge is 0.0777 e. The van der Waals surface area contributed by atoms with Crippen molar-refractivity contribution in [3.63, 3.8) is 0 Å². The van der Waals surface area contributed by atoms with Gasteiger partial charge in [0.1, 0.15) is 0 Å². The zero-order chi connectivity index (χ0) is 4.99. The molecule has 0 rings (SSSR count). The van der Waals surface area contributed by atoms with E-state index in [-0.39, 0.29) is 6.54 Å². The molecule has 0 atom stereocenters. The molecule has 6 heavy (non-hydrogen) atoms. The molecule has 3 heteroatoms. The molecule has 0 unspecified atom stereocenters. The van der Waals surface area contributed by atoms with Crippen molar-refractivity contribution in [2.75, 3.05) is 6.54 Å². The van der Waals surface area contributed by atoms with E-state index in [1.165, 1.54) is 0 Å². The first-order chi connectivity index (χ1) is 2.77. The van der Waals surface area contributed by atoms with Crippen molar-refractivity contribution in [3.8, 4) is 0 Å². The van der Waals surface area contributed by atoms with Crippen LogP contribution in [0.25, 0.3) is 0 Å². The molecule has 0 N–H and O–H groups in total. The van der Waals surface area contributed by atoms with Crippen LogP contribution in [-0.2, 0) is 4.79 Å². The number of carboxylic acids is 1. The highest BCUT2D eigenvalue weighted by atomic mass is 16.4. The number of hydrogen-bond donors (Lipinski definition) is 0. The van der Waals surface area contributed by atoms with E-state index in [0.29, 0.717) is 0 Å². The fraction of sp³-hybridized carbons (Fsp3) is 0.333. The molecular formula is C3H4NO2-. The SMILES string of the molecule is C=NCC(=O)[O-]. The Balaban J connectivity index is 3.05. The van der Waals surface area contributed by atoms with Crippen molar-refractivity contribution in [2.45, 2.75) is 0 Å². The molecule has 0 fully saturated rings. The second-order valence-electron chi connectivity index (χ2n) is 0.754. The van der Waals surface area contributed by atoms with Crippen molar-refractivity contribution in [2.24, 2.45) is 4.99 Å². The van der Waals surface area contributed by atoms with Gasteiger partial charge in [0, 0.05) is 0 Å². The van der Waals surface area contributed by atoms with Crippen LogP contribution in [-0.4, -0.2) is 19.2 Å². The van der Waals surface area contributed by atoms with E-state index in [9.17, 15) is 9.90 Å². The summed E-state index contributed by atoms with van der Waals surface area (Å²) in [5.41, 5.74) is 0. The van der Waals surface area contributed by atoms with E-state index in [1.54, 1.807) is 0 Å². The van der Waals surface area contributed by atoms with Gasteiger partial charge in [-0.1, -0.05) is 0 Å². The first kappa shape index (κ1) is 5.14. The molecule has 0 spiro atoms. The summed E-state index contributed by atoms with van der Waals surface area (Å²) in [7, 11) is 0. The lowest BCUT2D eigenvalue weighted by atomic mass is 10.7. The van der Waals surface area contributed by atoms with E-state index in [2.05, 4.69) is 11.7 Å². The minimum Gasteiger partial charge on any atom is -0.548 e. The molecule has 3 nitrogen and oxygen atoms in total. The molecule has 0 bridgehead atoms. The van der Waals surface area contributed by atoms with Gasteiger partial charge in [-0.25, -0.2) is 0 Å². The number of carbonyl (C=O) groups is 1. The topological polar surface area (TPSA) is 52.5 Å². The Bertz CT molecular complexity index is 69.2. The summed E-state index contributed by atoms with van der Waals surface area (Å²) >= 11 is 0. The second kappa shape index (κ2) is 2.38. The first-order valence-corrected chi connectivity index (χ1v) is 1.39. The first-order valence-electron chi connectivity index (χ1n) is 1.39. The third-order valence-corrected chi connectivity index (χ3v) is 0.241. The van der Waals surface area contributed by atoms with Gasteiger partial charge in [0.15, 0.2) is 0 Å². The number of rotatable bonds is 2. The number of carbonyl (C=O) groups excluding carboxylic acids is 1. The summed E-state index contributed by atoms with van der Waals surface area (Å²) in [5, 5.41) is 9.35. The highest BCUT2D eigenvalue weighted by Crippen LogP contribution is 1.55. The molecular weight excluding hydrogens is 82.0 g/mol. The fourth-order valence-electron chi connectivity index (χ4n) is 0.0913. The van der Waals surface area contributed by atoms with Crippen molar-refractivity contribution < 1.29 is 9.90 Å². The Morgan fingerprint density at radius 2 is 2.50 bits per heavy atom. The Morgan fingerprint density at radius 3 is 2.50 bits per heavy atom. The fourth-order valence-corrected chi connectivity index (χ4v) is 0.0913. The predicted molar refractivity (Wildman–Crippen MR) is 19.4 cm³/mol. The zero-order valence-electron chi connectivity index (χ0n) is 3.18. The maximum absolute atomic E-state index is 9.35. The number of aliphatic carboxylic acids is 1. The third kappa shape index (κ3) is 3.14. The average Bonchev–Trinajstić information content (AvgIpc) is 1.35. The maximum Gasteiger partial charge on any atom is 0.0777 e. The Hall–Kier alpha value is -0.860. The van der Waals surface area contributed by atoms with Crippen molar-refractivity contribution in [3.05, 3.63) is 0 Å². The molecule has 0 radical (unpaired) electrons. The van der Waals surface area contributed by atoms with E-state index in [4.69, 9.17) is 0 Å². The highest BCUT2D eigenvalue weighted by Gasteiger charge is 1.70. The van der Waals surface area contributed by atoms with Gasteiger partial charge in [-0.2, -0.15) is 0 Å². The zero-order valence-corrected chi connectivity index (χ0v) is 3.18. The lowest BCUT2D eigenvalue weighted by molar-refractivity contribution is -0.303. The van der Waals surface area contributed by atoms with Crippen LogP contribution in [0.5, 0.6) is 0 Å². The van der Waals surface area contributed by atoms with Gasteiger partial charge in [0.25, 0.3) is 0 Å². The summed E-state index contributed by atoms with van der Waals surface area (Å²) in [5.74, 6) is -1.19. The molecule has 0 aromatic carbocycles. The van der Waals surface area contributed by atoms with E-state index in [0.717, 1.165) is 0 Å². The monoisotopic (exact) mass is 86.0 g/mol. The molecule has 0 aliphatic rings. The van der Waals surface area contributed by atoms with E-state index >= 15 is 0 Å². The predicted octanol–water partition coefficient (Wildman–Crippen LogP) is -1.56. The molecule has 34 valence electrons. The minimum absolute atomic E-state index is 0.306. The van der Waals surface area contributed by atoms with Crippen LogP contribution in [0.2, 0.25) is 0 Å². The van der Waals surface area contributed by atoms with Gasteiger partial charge in [-0.05, 0) is 6.72 Å². The molecule has 0 saturated heterocycles. The normalized spacial score (nSPS) is 7.33. The third-order valence-electron chi connectivity index (χ3n) is 0.241. The number of aliphatic imine (C=N–C) groups is 1. The lowest BCUT2D eigenvalue weighted by Crippen LogP contribution is -2.24. The van der Waals surface area contributed by atoms with Gasteiger partial charge in [0.05, 0.1) is 12.5 Å². The molecule has 0 aliphatic heterocycles. The summed E-state index contributed by atoms with van der Waals surface area (Å²) in [6, 6.07) is 0. The van der Waals surface area contributed by atoms with Gasteiger partial charge in [0.2, 0.25) is 0 Å². The molecule has 0 aliphatic carbocycles. The molecule has 0 saturated carbocycles. The van der Waals surface area contributed by atoms with Gasteiger partial charge >= 0.3 is 0 Å². The summed E-state index contributed by atoms with van der Waals surface area (Å²) < 4.78 is 0. The van der Waals surface area contributed by atoms with Crippen LogP contribution in [0.15, 0.2) is 4.99 Å². The standard InChI is InChI=1S/C3H5NO2/c1-4-2-3(5)6/h1-2H2,(H,5,6)/p-1. The maximum atomic E-state index is 9.35. The lowest BCUT2D eigenvalue weighted by Gasteiger charge is -1.88. The molecule has 0 aromatic heterocycles. The summed E-state index contributed by atoms with van der Waals surface area (Å²) in [6.45, 7) is 2.62. The van der Waals surface area contributed by atoms with Crippen LogP contribution in [0, 0.1) is 0 Å². The quantitative estimate of drug-likeness (QED) is 0.381. The van der Waals surface area contributed by atoms with Crippen LogP contribution in [0.3, 0.4) is 0 Å². The van der Waals surface area contributed by atoms with E-state index < -0.39 is 5.97 Å². The Kier molecular flexibility index (Phi) is 2.04. The van der Waals surface area contributed by atoms with Crippen molar-refractivity contribution in [1.29, 1.82) is 0 Å². The van der Waals surface area contributed by atoms with Gasteiger partial charge < -0.3 is 9.90 Å². The summed E-state index contributed by atoms with van der Waals surface area (Å²) in [4.78, 5) is 12.4. The van der Waals surface area contributed by atoms with Crippen molar-refractivity contribution >= 4 is 12.7 Å². The van der Waals surface area contributed by atoms with Crippen LogP contribution in [0.1, 0.15) is 0 Å². The molecule has 0 heterocycles. The molecule has 0 amide bonds.